The summed E-state index contributed by atoms with van der Waals surface area (Å²) in [6.07, 6.45) is 5.72. The zero-order valence-electron chi connectivity index (χ0n) is 23.3. The summed E-state index contributed by atoms with van der Waals surface area (Å²) in [6.45, 7) is 4.73. The van der Waals surface area contributed by atoms with E-state index >= 15 is 0 Å². The Labute approximate surface area is 241 Å². The number of benzene rings is 3. The quantitative estimate of drug-likeness (QED) is 0.295. The van der Waals surface area contributed by atoms with Gasteiger partial charge in [-0.2, -0.15) is 0 Å². The van der Waals surface area contributed by atoms with Gasteiger partial charge in [0.1, 0.15) is 11.9 Å². The third-order valence-corrected chi connectivity index (χ3v) is 11.0. The molecule has 41 heavy (non-hydrogen) atoms. The van der Waals surface area contributed by atoms with Crippen LogP contribution >= 0.6 is 0 Å². The van der Waals surface area contributed by atoms with Gasteiger partial charge in [0.15, 0.2) is 0 Å². The van der Waals surface area contributed by atoms with Crippen LogP contribution in [-0.2, 0) is 21.2 Å². The Kier molecular flexibility index (Phi) is 6.82. The van der Waals surface area contributed by atoms with Crippen molar-refractivity contribution in [3.8, 4) is 5.75 Å². The predicted octanol–water partition coefficient (Wildman–Crippen LogP) is 6.03. The summed E-state index contributed by atoms with van der Waals surface area (Å²) in [6, 6.07) is 20.6. The minimum atomic E-state index is -3.93. The molecule has 8 heteroatoms. The molecule has 3 aromatic carbocycles. The van der Waals surface area contributed by atoms with E-state index in [0.29, 0.717) is 23.1 Å². The van der Waals surface area contributed by atoms with Crippen molar-refractivity contribution in [3.05, 3.63) is 95.1 Å². The van der Waals surface area contributed by atoms with E-state index in [9.17, 15) is 18.0 Å². The number of esters is 2. The Bertz CT molecular complexity index is 1620. The Morgan fingerprint density at radius 1 is 0.829 bits per heavy atom. The first-order valence-corrected chi connectivity index (χ1v) is 15.8. The summed E-state index contributed by atoms with van der Waals surface area (Å²) in [5, 5.41) is 5.21. The van der Waals surface area contributed by atoms with E-state index in [4.69, 9.17) is 14.6 Å². The molecule has 0 amide bonds. The van der Waals surface area contributed by atoms with E-state index in [-0.39, 0.29) is 33.4 Å². The number of carbonyl (C=O) groups is 2. The molecule has 0 spiro atoms. The number of rotatable bonds is 5. The number of hydrogen-bond donors (Lipinski definition) is 1. The molecular formula is C33H35NO6S. The lowest BCUT2D eigenvalue weighted by molar-refractivity contribution is -0.0751. The van der Waals surface area contributed by atoms with E-state index in [1.54, 1.807) is 12.1 Å². The summed E-state index contributed by atoms with van der Waals surface area (Å²) in [5.74, 6) is 0.389. The zero-order valence-corrected chi connectivity index (χ0v) is 24.2. The third kappa shape index (κ3) is 4.87. The molecule has 2 N–H and O–H groups in total. The summed E-state index contributed by atoms with van der Waals surface area (Å²) < 4.78 is 35.2. The van der Waals surface area contributed by atoms with Gasteiger partial charge in [0.05, 0.1) is 16.0 Å². The molecule has 3 aromatic rings. The first-order chi connectivity index (χ1) is 19.5. The number of carbonyl (C=O) groups excluding carboxylic acids is 2. The topological polar surface area (TPSA) is 113 Å². The molecule has 214 valence electrons. The number of aryl methyl sites for hydroxylation is 1. The van der Waals surface area contributed by atoms with Gasteiger partial charge in [-0.3, -0.25) is 0 Å². The Balaban J connectivity index is 1.19. The molecule has 0 heterocycles. The zero-order chi connectivity index (χ0) is 29.0. The van der Waals surface area contributed by atoms with E-state index in [1.807, 2.05) is 30.3 Å². The van der Waals surface area contributed by atoms with Crippen LogP contribution in [0.4, 0.5) is 0 Å². The van der Waals surface area contributed by atoms with Crippen molar-refractivity contribution in [2.75, 3.05) is 0 Å². The monoisotopic (exact) mass is 573 g/mol. The number of primary sulfonamides is 1. The van der Waals surface area contributed by atoms with Crippen molar-refractivity contribution in [2.45, 2.75) is 69.3 Å². The minimum absolute atomic E-state index is 0.0613. The highest BCUT2D eigenvalue weighted by Gasteiger charge is 2.61. The lowest BCUT2D eigenvalue weighted by atomic mass is 9.48. The second kappa shape index (κ2) is 10.1. The maximum atomic E-state index is 12.9. The molecule has 3 aliphatic rings. The van der Waals surface area contributed by atoms with E-state index in [2.05, 4.69) is 19.9 Å². The van der Waals surface area contributed by atoms with E-state index in [1.165, 1.54) is 35.4 Å². The van der Waals surface area contributed by atoms with Crippen LogP contribution in [0, 0.1) is 16.7 Å². The standard InChI is InChI=1S/C33H35NO6S/c1-32-17-15-22-19-24(39-31(36)23-9-6-10-25(20-23)41(34,37)38)11-12-26(22)27(32)16-18-33(2)28(32)13-14-29(33)40-30(35)21-7-4-3-5-8-21/h3-12,19-20,27-29H,13-18H2,1-2H3,(H2,34,37,38)/t27-,28+,29+,32-,33+/m1/s1. The van der Waals surface area contributed by atoms with Gasteiger partial charge in [-0.1, -0.05) is 44.2 Å². The molecule has 0 unspecified atom stereocenters. The second-order valence-electron chi connectivity index (χ2n) is 12.3. The first-order valence-electron chi connectivity index (χ1n) is 14.2. The van der Waals surface area contributed by atoms with Gasteiger partial charge >= 0.3 is 11.9 Å². The Morgan fingerprint density at radius 3 is 2.34 bits per heavy atom. The van der Waals surface area contributed by atoms with Gasteiger partial charge in [0.25, 0.3) is 0 Å². The van der Waals surface area contributed by atoms with E-state index < -0.39 is 16.0 Å². The summed E-state index contributed by atoms with van der Waals surface area (Å²) >= 11 is 0. The number of hydrogen-bond acceptors (Lipinski definition) is 6. The summed E-state index contributed by atoms with van der Waals surface area (Å²) in [4.78, 5) is 25.6. The molecule has 0 aliphatic heterocycles. The average Bonchev–Trinajstić information content (AvgIpc) is 3.29. The molecule has 2 fully saturated rings. The molecule has 7 nitrogen and oxygen atoms in total. The predicted molar refractivity (Wildman–Crippen MR) is 154 cm³/mol. The number of fused-ring (bicyclic) bond motifs is 5. The highest BCUT2D eigenvalue weighted by atomic mass is 32.2. The normalized spacial score (nSPS) is 28.6. The van der Waals surface area contributed by atoms with Crippen LogP contribution in [0.1, 0.15) is 83.7 Å². The van der Waals surface area contributed by atoms with Crippen LogP contribution < -0.4 is 9.88 Å². The van der Waals surface area contributed by atoms with Crippen molar-refractivity contribution in [1.29, 1.82) is 0 Å². The third-order valence-electron chi connectivity index (χ3n) is 10.1. The molecule has 0 saturated heterocycles. The molecule has 0 aromatic heterocycles. The lowest BCUT2D eigenvalue weighted by Crippen LogP contribution is -2.50. The molecule has 0 bridgehead atoms. The second-order valence-corrected chi connectivity index (χ2v) is 13.9. The molecule has 5 atom stereocenters. The van der Waals surface area contributed by atoms with Crippen LogP contribution in [0.3, 0.4) is 0 Å². The van der Waals surface area contributed by atoms with Crippen molar-refractivity contribution in [2.24, 2.45) is 21.9 Å². The highest BCUT2D eigenvalue weighted by Crippen LogP contribution is 2.67. The van der Waals surface area contributed by atoms with Crippen molar-refractivity contribution < 1.29 is 27.5 Å². The first kappa shape index (κ1) is 27.7. The van der Waals surface area contributed by atoms with Crippen LogP contribution in [0.5, 0.6) is 5.75 Å². The van der Waals surface area contributed by atoms with Gasteiger partial charge in [-0.05, 0) is 109 Å². The van der Waals surface area contributed by atoms with Crippen LogP contribution in [0.25, 0.3) is 0 Å². The fourth-order valence-electron chi connectivity index (χ4n) is 8.04. The number of nitrogens with two attached hydrogens (primary N) is 1. The van der Waals surface area contributed by atoms with Crippen molar-refractivity contribution in [3.63, 3.8) is 0 Å². The highest BCUT2D eigenvalue weighted by molar-refractivity contribution is 7.89. The number of ether oxygens (including phenoxy) is 2. The van der Waals surface area contributed by atoms with Gasteiger partial charge in [0.2, 0.25) is 10.0 Å². The average molecular weight is 574 g/mol. The van der Waals surface area contributed by atoms with E-state index in [0.717, 1.165) is 38.5 Å². The maximum Gasteiger partial charge on any atom is 0.343 e. The summed E-state index contributed by atoms with van der Waals surface area (Å²) in [5.41, 5.74) is 3.23. The fourth-order valence-corrected chi connectivity index (χ4v) is 8.60. The SMILES string of the molecule is C[C@]12CC[C@@H]3c4ccc(OC(=O)c5cccc(S(N)(=O)=O)c5)cc4CC[C@@]3(C)[C@@H]1CC[C@@H]2OC(=O)c1ccccc1. The lowest BCUT2D eigenvalue weighted by Gasteiger charge is -2.57. The van der Waals surface area contributed by atoms with Crippen LogP contribution in [0.2, 0.25) is 0 Å². The molecule has 0 radical (unpaired) electrons. The van der Waals surface area contributed by atoms with Crippen LogP contribution in [-0.4, -0.2) is 26.5 Å². The molecule has 6 rings (SSSR count). The molecule has 3 aliphatic carbocycles. The Morgan fingerprint density at radius 2 is 1.59 bits per heavy atom. The largest absolute Gasteiger partial charge is 0.458 e. The Hall–Kier alpha value is -3.49. The van der Waals surface area contributed by atoms with Gasteiger partial charge < -0.3 is 9.47 Å². The van der Waals surface area contributed by atoms with Gasteiger partial charge in [-0.15, -0.1) is 0 Å². The fraction of sp³-hybridized carbons (Fsp3) is 0.394. The molecular weight excluding hydrogens is 538 g/mol. The van der Waals surface area contributed by atoms with Crippen molar-refractivity contribution in [1.82, 2.24) is 0 Å². The van der Waals surface area contributed by atoms with Gasteiger partial charge in [0, 0.05) is 5.41 Å². The van der Waals surface area contributed by atoms with Gasteiger partial charge in [-0.25, -0.2) is 23.1 Å². The van der Waals surface area contributed by atoms with Crippen molar-refractivity contribution >= 4 is 22.0 Å². The smallest absolute Gasteiger partial charge is 0.343 e. The minimum Gasteiger partial charge on any atom is -0.458 e. The molecule has 2 saturated carbocycles. The number of sulfonamides is 1. The van der Waals surface area contributed by atoms with Crippen LogP contribution in [0.15, 0.2) is 77.7 Å². The maximum absolute atomic E-state index is 12.9. The summed E-state index contributed by atoms with van der Waals surface area (Å²) in [7, 11) is -3.93.